The second-order valence-corrected chi connectivity index (χ2v) is 7.96. The smallest absolute Gasteiger partial charge is 0.357 e. The van der Waals surface area contributed by atoms with Gasteiger partial charge >= 0.3 is 5.97 Å². The molecule has 2 heterocycles. The number of nitrogens with two attached hydrogens (primary N) is 1. The second kappa shape index (κ2) is 9.92. The molecule has 1 aliphatic rings. The van der Waals surface area contributed by atoms with Crippen molar-refractivity contribution in [1.29, 1.82) is 0 Å². The molecule has 2 aromatic rings. The quantitative estimate of drug-likeness (QED) is 0.406. The van der Waals surface area contributed by atoms with Crippen LogP contribution in [0.15, 0.2) is 33.7 Å². The van der Waals surface area contributed by atoms with Crippen LogP contribution in [0, 0.1) is 0 Å². The standard InChI is InChI=1S/C19H20BrClN6O4/c20-14-15(19(30)31)26-27(12(6-3-7-13(22)28)16-23-8-9-24-16)17(14)25-18(29)10-4-1-2-5-11(10)21/h1-2,4-5,12H,3,6-9H2,(H2,22,28)(H,23,24)(H,25,29)(H,30,31). The lowest BCUT2D eigenvalue weighted by Crippen LogP contribution is -2.32. The molecule has 0 saturated heterocycles. The number of hydrogen-bond acceptors (Lipinski definition) is 6. The monoisotopic (exact) mass is 510 g/mol. The molecule has 0 spiro atoms. The molecule has 0 saturated carbocycles. The predicted octanol–water partition coefficient (Wildman–Crippen LogP) is 2.45. The molecular weight excluding hydrogens is 492 g/mol. The van der Waals surface area contributed by atoms with E-state index in [1.807, 2.05) is 0 Å². The predicted molar refractivity (Wildman–Crippen MR) is 119 cm³/mol. The first-order chi connectivity index (χ1) is 14.8. The third-order valence-corrected chi connectivity index (χ3v) is 5.70. The Kier molecular flexibility index (Phi) is 7.29. The van der Waals surface area contributed by atoms with E-state index >= 15 is 0 Å². The highest BCUT2D eigenvalue weighted by molar-refractivity contribution is 9.10. The molecule has 1 aromatic heterocycles. The number of amidine groups is 1. The van der Waals surface area contributed by atoms with Crippen molar-refractivity contribution in [3.05, 3.63) is 45.0 Å². The van der Waals surface area contributed by atoms with Gasteiger partial charge in [-0.25, -0.2) is 9.48 Å². The molecule has 164 valence electrons. The number of hydrogen-bond donors (Lipinski definition) is 4. The number of carboxylic acids is 1. The van der Waals surface area contributed by atoms with Crippen LogP contribution in [0.5, 0.6) is 0 Å². The third-order valence-electron chi connectivity index (χ3n) is 4.62. The highest BCUT2D eigenvalue weighted by Crippen LogP contribution is 2.32. The summed E-state index contributed by atoms with van der Waals surface area (Å²) < 4.78 is 1.50. The summed E-state index contributed by atoms with van der Waals surface area (Å²) in [5.41, 5.74) is 5.21. The summed E-state index contributed by atoms with van der Waals surface area (Å²) in [7, 11) is 0. The Bertz CT molecular complexity index is 1050. The highest BCUT2D eigenvalue weighted by Gasteiger charge is 2.30. The fourth-order valence-electron chi connectivity index (χ4n) is 3.19. The number of rotatable bonds is 9. The molecule has 0 aliphatic carbocycles. The van der Waals surface area contributed by atoms with Gasteiger partial charge in [0.2, 0.25) is 5.91 Å². The summed E-state index contributed by atoms with van der Waals surface area (Å²) in [6.07, 6.45) is 0.981. The van der Waals surface area contributed by atoms with Crippen LogP contribution >= 0.6 is 27.5 Å². The lowest BCUT2D eigenvalue weighted by atomic mass is 10.1. The molecule has 1 unspecified atom stereocenters. The number of aliphatic imine (C=N–C) groups is 1. The number of aromatic carboxylic acids is 1. The zero-order valence-electron chi connectivity index (χ0n) is 16.3. The number of carboxylic acid groups (broad SMARTS) is 1. The van der Waals surface area contributed by atoms with Gasteiger partial charge in [-0.15, -0.1) is 0 Å². The highest BCUT2D eigenvalue weighted by atomic mass is 79.9. The molecule has 12 heteroatoms. The van der Waals surface area contributed by atoms with E-state index in [0.717, 1.165) is 0 Å². The Morgan fingerprint density at radius 2 is 2.10 bits per heavy atom. The summed E-state index contributed by atoms with van der Waals surface area (Å²) in [6, 6.07) is 5.96. The Hall–Kier alpha value is -2.92. The SMILES string of the molecule is NC(=O)CCCC(C1=NCCN1)n1nc(C(=O)O)c(Br)c1NC(=O)c1ccccc1Cl. The average molecular weight is 512 g/mol. The molecule has 1 atom stereocenters. The van der Waals surface area contributed by atoms with Gasteiger partial charge < -0.3 is 21.5 Å². The van der Waals surface area contributed by atoms with Crippen molar-refractivity contribution in [2.75, 3.05) is 18.4 Å². The molecular formula is C19H20BrClN6O4. The molecule has 0 fully saturated rings. The van der Waals surface area contributed by atoms with Crippen molar-refractivity contribution in [2.24, 2.45) is 10.7 Å². The van der Waals surface area contributed by atoms with E-state index in [-0.39, 0.29) is 33.0 Å². The molecule has 3 rings (SSSR count). The van der Waals surface area contributed by atoms with Crippen molar-refractivity contribution >= 4 is 57.0 Å². The molecule has 10 nitrogen and oxygen atoms in total. The fourth-order valence-corrected chi connectivity index (χ4v) is 3.94. The molecule has 0 bridgehead atoms. The topological polar surface area (TPSA) is 152 Å². The largest absolute Gasteiger partial charge is 0.476 e. The summed E-state index contributed by atoms with van der Waals surface area (Å²) in [4.78, 5) is 40.2. The lowest BCUT2D eigenvalue weighted by molar-refractivity contribution is -0.118. The van der Waals surface area contributed by atoms with E-state index in [4.69, 9.17) is 17.3 Å². The molecule has 2 amide bonds. The number of benzene rings is 1. The van der Waals surface area contributed by atoms with Gasteiger partial charge in [0.05, 0.1) is 21.6 Å². The van der Waals surface area contributed by atoms with E-state index in [2.05, 4.69) is 36.7 Å². The maximum Gasteiger partial charge on any atom is 0.357 e. The first-order valence-electron chi connectivity index (χ1n) is 9.43. The number of carbonyl (C=O) groups is 3. The van der Waals surface area contributed by atoms with Gasteiger partial charge in [0.25, 0.3) is 5.91 Å². The van der Waals surface area contributed by atoms with Gasteiger partial charge in [-0.1, -0.05) is 23.7 Å². The van der Waals surface area contributed by atoms with E-state index in [9.17, 15) is 19.5 Å². The Morgan fingerprint density at radius 3 is 2.71 bits per heavy atom. The molecule has 1 aromatic carbocycles. The van der Waals surface area contributed by atoms with Crippen molar-refractivity contribution in [3.63, 3.8) is 0 Å². The number of anilines is 1. The van der Waals surface area contributed by atoms with E-state index in [1.54, 1.807) is 24.3 Å². The van der Waals surface area contributed by atoms with Gasteiger partial charge in [-0.05, 0) is 40.9 Å². The average Bonchev–Trinajstić information content (AvgIpc) is 3.35. The van der Waals surface area contributed by atoms with Crippen molar-refractivity contribution in [3.8, 4) is 0 Å². The van der Waals surface area contributed by atoms with Crippen LogP contribution in [0.4, 0.5) is 5.82 Å². The second-order valence-electron chi connectivity index (χ2n) is 6.76. The van der Waals surface area contributed by atoms with Gasteiger partial charge in [0.1, 0.15) is 17.7 Å². The zero-order valence-corrected chi connectivity index (χ0v) is 18.6. The number of aromatic nitrogens is 2. The summed E-state index contributed by atoms with van der Waals surface area (Å²) >= 11 is 9.37. The zero-order chi connectivity index (χ0) is 22.5. The first-order valence-corrected chi connectivity index (χ1v) is 10.6. The van der Waals surface area contributed by atoms with Crippen molar-refractivity contribution in [2.45, 2.75) is 25.3 Å². The van der Waals surface area contributed by atoms with Gasteiger partial charge in [-0.2, -0.15) is 5.10 Å². The summed E-state index contributed by atoms with van der Waals surface area (Å²) in [5, 5.41) is 19.9. The molecule has 31 heavy (non-hydrogen) atoms. The minimum Gasteiger partial charge on any atom is -0.476 e. The third kappa shape index (κ3) is 5.23. The van der Waals surface area contributed by atoms with Gasteiger partial charge in [-0.3, -0.25) is 14.6 Å². The normalized spacial score (nSPS) is 13.9. The Labute approximate surface area is 191 Å². The Morgan fingerprint density at radius 1 is 1.35 bits per heavy atom. The fraction of sp³-hybridized carbons (Fsp3) is 0.316. The minimum absolute atomic E-state index is 0.110. The number of amides is 2. The van der Waals surface area contributed by atoms with Crippen LogP contribution in [0.1, 0.15) is 46.2 Å². The maximum atomic E-state index is 12.9. The van der Waals surface area contributed by atoms with Crippen LogP contribution < -0.4 is 16.4 Å². The summed E-state index contributed by atoms with van der Waals surface area (Å²) in [6.45, 7) is 1.17. The van der Waals surface area contributed by atoms with E-state index < -0.39 is 23.8 Å². The van der Waals surface area contributed by atoms with Crippen LogP contribution in [-0.2, 0) is 4.79 Å². The van der Waals surface area contributed by atoms with Gasteiger partial charge in [0, 0.05) is 13.0 Å². The summed E-state index contributed by atoms with van der Waals surface area (Å²) in [5.74, 6) is -1.51. The number of primary amides is 1. The van der Waals surface area contributed by atoms with Crippen LogP contribution in [-0.4, -0.2) is 51.6 Å². The number of nitrogens with one attached hydrogen (secondary N) is 2. The van der Waals surface area contributed by atoms with Crippen LogP contribution in [0.25, 0.3) is 0 Å². The van der Waals surface area contributed by atoms with Crippen LogP contribution in [0.3, 0.4) is 0 Å². The van der Waals surface area contributed by atoms with E-state index in [0.29, 0.717) is 31.8 Å². The maximum absolute atomic E-state index is 12.9. The van der Waals surface area contributed by atoms with Crippen molar-refractivity contribution in [1.82, 2.24) is 15.1 Å². The van der Waals surface area contributed by atoms with Crippen molar-refractivity contribution < 1.29 is 19.5 Å². The van der Waals surface area contributed by atoms with Gasteiger partial charge in [0.15, 0.2) is 5.69 Å². The Balaban J connectivity index is 2.01. The minimum atomic E-state index is -1.27. The number of nitrogens with zero attached hydrogens (tertiary/aromatic N) is 3. The number of halogens is 2. The van der Waals surface area contributed by atoms with E-state index in [1.165, 1.54) is 4.68 Å². The first kappa shape index (κ1) is 22.8. The van der Waals surface area contributed by atoms with Crippen LogP contribution in [0.2, 0.25) is 5.02 Å². The molecule has 5 N–H and O–H groups in total. The molecule has 1 aliphatic heterocycles. The molecule has 0 radical (unpaired) electrons. The number of carbonyl (C=O) groups excluding carboxylic acids is 2. The lowest BCUT2D eigenvalue weighted by Gasteiger charge is -2.21.